The van der Waals surface area contributed by atoms with Gasteiger partial charge in [0.05, 0.1) is 7.11 Å². The molecular formula is C17H18O3. The number of hydrogen-bond acceptors (Lipinski definition) is 3. The molecule has 20 heavy (non-hydrogen) atoms. The first-order chi connectivity index (χ1) is 9.57. The first kappa shape index (κ1) is 13.1. The predicted molar refractivity (Wildman–Crippen MR) is 76.1 cm³/mol. The highest BCUT2D eigenvalue weighted by Gasteiger charge is 2.45. The van der Waals surface area contributed by atoms with Gasteiger partial charge in [-0.05, 0) is 36.5 Å². The number of Topliss-reactive ketones (excluding diaryl/α,β-unsaturated/α-hetero) is 1. The van der Waals surface area contributed by atoms with Crippen molar-refractivity contribution in [3.8, 4) is 0 Å². The fraction of sp³-hybridized carbons (Fsp3) is 0.412. The Morgan fingerprint density at radius 2 is 2.10 bits per heavy atom. The van der Waals surface area contributed by atoms with Crippen molar-refractivity contribution in [3.63, 3.8) is 0 Å². The molecule has 1 fully saturated rings. The molecule has 1 aromatic rings. The van der Waals surface area contributed by atoms with Gasteiger partial charge in [0.1, 0.15) is 11.7 Å². The van der Waals surface area contributed by atoms with Crippen LogP contribution in [-0.4, -0.2) is 18.9 Å². The Balaban J connectivity index is 1.95. The minimum atomic E-state index is -0.577. The fourth-order valence-corrected chi connectivity index (χ4v) is 3.66. The normalized spacial score (nSPS) is 28.2. The zero-order valence-corrected chi connectivity index (χ0v) is 11.8. The van der Waals surface area contributed by atoms with Gasteiger partial charge in [-0.2, -0.15) is 0 Å². The second-order valence-corrected chi connectivity index (χ2v) is 5.79. The minimum absolute atomic E-state index is 0.00357. The maximum Gasteiger partial charge on any atom is 0.316 e. The Kier molecular flexibility index (Phi) is 3.00. The van der Waals surface area contributed by atoms with E-state index in [-0.39, 0.29) is 11.2 Å². The molecule has 0 saturated heterocycles. The molecule has 0 radical (unpaired) electrons. The number of rotatable bonds is 1. The quantitative estimate of drug-likeness (QED) is 0.582. The first-order valence-electron chi connectivity index (χ1n) is 6.97. The van der Waals surface area contributed by atoms with Gasteiger partial charge >= 0.3 is 5.97 Å². The van der Waals surface area contributed by atoms with Crippen molar-refractivity contribution in [2.45, 2.75) is 31.6 Å². The lowest BCUT2D eigenvalue weighted by atomic mass is 9.67. The maximum atomic E-state index is 12.3. The van der Waals surface area contributed by atoms with Crippen molar-refractivity contribution in [3.05, 3.63) is 41.5 Å². The van der Waals surface area contributed by atoms with Crippen molar-refractivity contribution < 1.29 is 14.3 Å². The number of esters is 1. The average molecular weight is 270 g/mol. The van der Waals surface area contributed by atoms with Crippen molar-refractivity contribution in [2.75, 3.05) is 7.11 Å². The van der Waals surface area contributed by atoms with Crippen molar-refractivity contribution >= 4 is 17.3 Å². The predicted octanol–water partition coefficient (Wildman–Crippen LogP) is 2.88. The molecule has 3 heteroatoms. The van der Waals surface area contributed by atoms with Crippen LogP contribution in [0.4, 0.5) is 0 Å². The van der Waals surface area contributed by atoms with Crippen LogP contribution in [0.3, 0.4) is 0 Å². The van der Waals surface area contributed by atoms with Gasteiger partial charge in [-0.3, -0.25) is 9.59 Å². The summed E-state index contributed by atoms with van der Waals surface area (Å²) >= 11 is 0. The van der Waals surface area contributed by atoms with Crippen LogP contribution in [0.1, 0.15) is 37.3 Å². The number of carbonyl (C=O) groups is 2. The Labute approximate surface area is 118 Å². The van der Waals surface area contributed by atoms with Gasteiger partial charge in [0.25, 0.3) is 0 Å². The lowest BCUT2D eigenvalue weighted by molar-refractivity contribution is -0.151. The van der Waals surface area contributed by atoms with Gasteiger partial charge in [0.15, 0.2) is 0 Å². The monoisotopic (exact) mass is 270 g/mol. The number of ketones is 1. The summed E-state index contributed by atoms with van der Waals surface area (Å²) in [4.78, 5) is 24.0. The van der Waals surface area contributed by atoms with E-state index in [4.69, 9.17) is 4.74 Å². The van der Waals surface area contributed by atoms with E-state index in [0.717, 1.165) is 6.42 Å². The molecule has 0 aromatic heterocycles. The van der Waals surface area contributed by atoms with Gasteiger partial charge in [-0.15, -0.1) is 0 Å². The molecule has 3 nitrogen and oxygen atoms in total. The van der Waals surface area contributed by atoms with Crippen LogP contribution in [0.15, 0.2) is 30.3 Å². The third-order valence-electron chi connectivity index (χ3n) is 4.62. The maximum absolute atomic E-state index is 12.3. The Morgan fingerprint density at radius 1 is 1.35 bits per heavy atom. The number of benzene rings is 1. The zero-order valence-electron chi connectivity index (χ0n) is 11.8. The Bertz CT molecular complexity index is 614. The number of allylic oxidation sites excluding steroid dienone is 2. The van der Waals surface area contributed by atoms with E-state index in [9.17, 15) is 9.59 Å². The lowest BCUT2D eigenvalue weighted by Gasteiger charge is -2.35. The van der Waals surface area contributed by atoms with Gasteiger partial charge in [-0.25, -0.2) is 0 Å². The topological polar surface area (TPSA) is 43.4 Å². The fourth-order valence-electron chi connectivity index (χ4n) is 3.66. The zero-order chi connectivity index (χ0) is 14.3. The van der Waals surface area contributed by atoms with Crippen LogP contribution in [0.25, 0.3) is 5.57 Å². The summed E-state index contributed by atoms with van der Waals surface area (Å²) in [7, 11) is 1.34. The summed E-state index contributed by atoms with van der Waals surface area (Å²) in [6.45, 7) is 2.09. The SMILES string of the molecule is COC(=O)C1CCC2(C=C(C)c3ccccc32)CC1=O. The third kappa shape index (κ3) is 1.80. The summed E-state index contributed by atoms with van der Waals surface area (Å²) < 4.78 is 4.73. The lowest BCUT2D eigenvalue weighted by Crippen LogP contribution is -2.39. The number of carbonyl (C=O) groups excluding carboxylic acids is 2. The summed E-state index contributed by atoms with van der Waals surface area (Å²) in [6.07, 6.45) is 4.01. The molecule has 1 saturated carbocycles. The summed E-state index contributed by atoms with van der Waals surface area (Å²) in [5.74, 6) is -0.965. The Hall–Kier alpha value is -1.90. The molecule has 0 heterocycles. The van der Waals surface area contributed by atoms with Crippen LogP contribution in [0, 0.1) is 5.92 Å². The van der Waals surface area contributed by atoms with Gasteiger partial charge in [0, 0.05) is 11.8 Å². The molecule has 104 valence electrons. The highest BCUT2D eigenvalue weighted by molar-refractivity contribution is 6.01. The van der Waals surface area contributed by atoms with E-state index in [0.29, 0.717) is 12.8 Å². The van der Waals surface area contributed by atoms with Crippen LogP contribution in [0.2, 0.25) is 0 Å². The minimum Gasteiger partial charge on any atom is -0.468 e. The van der Waals surface area contributed by atoms with E-state index in [1.165, 1.54) is 23.8 Å². The molecule has 2 aliphatic carbocycles. The number of hydrogen-bond donors (Lipinski definition) is 0. The largest absolute Gasteiger partial charge is 0.468 e. The molecule has 2 atom stereocenters. The third-order valence-corrected chi connectivity index (χ3v) is 4.62. The van der Waals surface area contributed by atoms with E-state index in [1.807, 2.05) is 12.1 Å². The molecule has 1 spiro atoms. The van der Waals surface area contributed by atoms with Crippen molar-refractivity contribution in [1.82, 2.24) is 0 Å². The van der Waals surface area contributed by atoms with Gasteiger partial charge < -0.3 is 4.74 Å². The summed E-state index contributed by atoms with van der Waals surface area (Å²) in [6, 6.07) is 8.25. The van der Waals surface area contributed by atoms with Gasteiger partial charge in [0.2, 0.25) is 0 Å². The van der Waals surface area contributed by atoms with Gasteiger partial charge in [-0.1, -0.05) is 30.3 Å². The van der Waals surface area contributed by atoms with Crippen molar-refractivity contribution in [1.29, 1.82) is 0 Å². The van der Waals surface area contributed by atoms with Crippen molar-refractivity contribution in [2.24, 2.45) is 5.92 Å². The summed E-state index contributed by atoms with van der Waals surface area (Å²) in [5.41, 5.74) is 3.48. The highest BCUT2D eigenvalue weighted by Crippen LogP contribution is 2.49. The molecule has 0 aliphatic heterocycles. The van der Waals surface area contributed by atoms with E-state index in [1.54, 1.807) is 0 Å². The average Bonchev–Trinajstić information content (AvgIpc) is 2.72. The molecule has 0 N–H and O–H groups in total. The Morgan fingerprint density at radius 3 is 2.80 bits per heavy atom. The van der Waals surface area contributed by atoms with Crippen LogP contribution in [-0.2, 0) is 19.7 Å². The number of fused-ring (bicyclic) bond motifs is 2. The molecule has 0 amide bonds. The number of ether oxygens (including phenoxy) is 1. The smallest absolute Gasteiger partial charge is 0.316 e. The molecule has 2 unspecified atom stereocenters. The molecule has 1 aromatic carbocycles. The molecular weight excluding hydrogens is 252 g/mol. The van der Waals surface area contributed by atoms with E-state index in [2.05, 4.69) is 25.1 Å². The van der Waals surface area contributed by atoms with Crippen LogP contribution < -0.4 is 0 Å². The van der Waals surface area contributed by atoms with Crippen LogP contribution in [0.5, 0.6) is 0 Å². The molecule has 0 bridgehead atoms. The van der Waals surface area contributed by atoms with Crippen LogP contribution >= 0.6 is 0 Å². The van der Waals surface area contributed by atoms with E-state index >= 15 is 0 Å². The molecule has 2 aliphatic rings. The second kappa shape index (κ2) is 4.58. The second-order valence-electron chi connectivity index (χ2n) is 5.79. The highest BCUT2D eigenvalue weighted by atomic mass is 16.5. The first-order valence-corrected chi connectivity index (χ1v) is 6.97. The summed E-state index contributed by atoms with van der Waals surface area (Å²) in [5, 5.41) is 0. The standard InChI is InChI=1S/C17H18O3/c1-11-9-17(14-6-4-3-5-12(11)14)8-7-13(15(18)10-17)16(19)20-2/h3-6,9,13H,7-8,10H2,1-2H3. The van der Waals surface area contributed by atoms with E-state index < -0.39 is 11.9 Å². The molecule has 3 rings (SSSR count). The number of methoxy groups -OCH3 is 1.